The minimum absolute atomic E-state index is 0.286. The van der Waals surface area contributed by atoms with Gasteiger partial charge in [-0.25, -0.2) is 9.97 Å². The molecule has 20 heavy (non-hydrogen) atoms. The fourth-order valence-electron chi connectivity index (χ4n) is 2.88. The summed E-state index contributed by atoms with van der Waals surface area (Å²) in [5.41, 5.74) is -0.286. The molecular weight excluding hydrogens is 256 g/mol. The van der Waals surface area contributed by atoms with Crippen LogP contribution in [0.15, 0.2) is 18.5 Å². The van der Waals surface area contributed by atoms with Crippen molar-refractivity contribution >= 4 is 12.2 Å². The summed E-state index contributed by atoms with van der Waals surface area (Å²) in [6, 6.07) is 1.83. The third-order valence-corrected chi connectivity index (χ3v) is 4.13. The highest BCUT2D eigenvalue weighted by molar-refractivity contribution is 5.60. The average molecular weight is 276 g/mol. The van der Waals surface area contributed by atoms with Gasteiger partial charge in [0.2, 0.25) is 5.95 Å². The van der Waals surface area contributed by atoms with Crippen molar-refractivity contribution in [2.45, 2.75) is 6.42 Å². The van der Waals surface area contributed by atoms with Crippen molar-refractivity contribution in [3.05, 3.63) is 18.5 Å². The van der Waals surface area contributed by atoms with Gasteiger partial charge in [0.05, 0.1) is 12.0 Å². The summed E-state index contributed by atoms with van der Waals surface area (Å²) in [7, 11) is 0. The molecule has 0 aromatic carbocycles. The van der Waals surface area contributed by atoms with E-state index in [4.69, 9.17) is 4.74 Å². The van der Waals surface area contributed by atoms with Crippen molar-refractivity contribution in [2.24, 2.45) is 5.41 Å². The van der Waals surface area contributed by atoms with Crippen LogP contribution in [0.1, 0.15) is 6.42 Å². The van der Waals surface area contributed by atoms with E-state index in [2.05, 4.69) is 19.8 Å². The van der Waals surface area contributed by atoms with E-state index in [1.807, 2.05) is 6.07 Å². The molecule has 1 aromatic rings. The maximum atomic E-state index is 11.4. The van der Waals surface area contributed by atoms with Crippen LogP contribution >= 0.6 is 0 Å². The Morgan fingerprint density at radius 2 is 2.00 bits per heavy atom. The van der Waals surface area contributed by atoms with Crippen LogP contribution in [0.25, 0.3) is 0 Å². The quantitative estimate of drug-likeness (QED) is 0.733. The molecule has 2 aliphatic rings. The van der Waals surface area contributed by atoms with Crippen LogP contribution in [0, 0.1) is 5.41 Å². The topological polar surface area (TPSA) is 58.6 Å². The van der Waals surface area contributed by atoms with Gasteiger partial charge in [-0.1, -0.05) is 0 Å². The summed E-state index contributed by atoms with van der Waals surface area (Å²) in [6.45, 7) is 5.76. The third-order valence-electron chi connectivity index (χ3n) is 4.13. The van der Waals surface area contributed by atoms with E-state index in [1.165, 1.54) is 0 Å². The van der Waals surface area contributed by atoms with Gasteiger partial charge in [-0.05, 0) is 12.5 Å². The van der Waals surface area contributed by atoms with Gasteiger partial charge < -0.3 is 14.4 Å². The van der Waals surface area contributed by atoms with Gasteiger partial charge in [0.15, 0.2) is 0 Å². The summed E-state index contributed by atoms with van der Waals surface area (Å²) < 4.78 is 5.39. The minimum atomic E-state index is -0.286. The molecule has 0 saturated carbocycles. The van der Waals surface area contributed by atoms with E-state index >= 15 is 0 Å². The lowest BCUT2D eigenvalue weighted by Gasteiger charge is -2.37. The second-order valence-corrected chi connectivity index (χ2v) is 5.59. The van der Waals surface area contributed by atoms with E-state index in [1.54, 1.807) is 12.4 Å². The highest BCUT2D eigenvalue weighted by atomic mass is 16.5. The summed E-state index contributed by atoms with van der Waals surface area (Å²) in [6.07, 6.45) is 5.48. The van der Waals surface area contributed by atoms with Crippen LogP contribution in [0.4, 0.5) is 5.95 Å². The Balaban J connectivity index is 1.55. The van der Waals surface area contributed by atoms with Gasteiger partial charge in [-0.2, -0.15) is 0 Å². The van der Waals surface area contributed by atoms with Crippen molar-refractivity contribution in [1.82, 2.24) is 14.9 Å². The fourth-order valence-corrected chi connectivity index (χ4v) is 2.88. The van der Waals surface area contributed by atoms with Crippen LogP contribution in [0.5, 0.6) is 0 Å². The lowest BCUT2D eigenvalue weighted by atomic mass is 9.88. The number of hydrogen-bond donors (Lipinski definition) is 0. The van der Waals surface area contributed by atoms with E-state index in [-0.39, 0.29) is 5.41 Å². The van der Waals surface area contributed by atoms with Crippen LogP contribution in [0.2, 0.25) is 0 Å². The SMILES string of the molecule is O=CC1(CN2CCN(c3ncccn3)CC2)CCOC1. The zero-order chi connectivity index (χ0) is 13.8. The molecule has 1 atom stereocenters. The predicted molar refractivity (Wildman–Crippen MR) is 74.6 cm³/mol. The summed E-state index contributed by atoms with van der Waals surface area (Å²) >= 11 is 0. The smallest absolute Gasteiger partial charge is 0.225 e. The molecule has 2 fully saturated rings. The molecule has 0 amide bonds. The largest absolute Gasteiger partial charge is 0.380 e. The van der Waals surface area contributed by atoms with Gasteiger partial charge in [0.25, 0.3) is 0 Å². The first kappa shape index (κ1) is 13.5. The maximum absolute atomic E-state index is 11.4. The van der Waals surface area contributed by atoms with Crippen molar-refractivity contribution in [1.29, 1.82) is 0 Å². The highest BCUT2D eigenvalue weighted by Gasteiger charge is 2.37. The number of hydrogen-bond acceptors (Lipinski definition) is 6. The molecule has 0 N–H and O–H groups in total. The monoisotopic (exact) mass is 276 g/mol. The molecule has 3 heterocycles. The number of aldehydes is 1. The van der Waals surface area contributed by atoms with E-state index in [9.17, 15) is 4.79 Å². The van der Waals surface area contributed by atoms with E-state index in [0.717, 1.165) is 51.4 Å². The highest BCUT2D eigenvalue weighted by Crippen LogP contribution is 2.27. The number of nitrogens with zero attached hydrogens (tertiary/aromatic N) is 4. The van der Waals surface area contributed by atoms with Crippen molar-refractivity contribution < 1.29 is 9.53 Å². The molecule has 2 aliphatic heterocycles. The Morgan fingerprint density at radius 1 is 1.25 bits per heavy atom. The van der Waals surface area contributed by atoms with Gasteiger partial charge >= 0.3 is 0 Å². The van der Waals surface area contributed by atoms with Crippen molar-refractivity contribution in [3.63, 3.8) is 0 Å². The zero-order valence-corrected chi connectivity index (χ0v) is 11.6. The minimum Gasteiger partial charge on any atom is -0.380 e. The average Bonchev–Trinajstić information content (AvgIpc) is 2.98. The van der Waals surface area contributed by atoms with E-state index in [0.29, 0.717) is 13.2 Å². The number of piperazine rings is 1. The number of carbonyl (C=O) groups excluding carboxylic acids is 1. The first-order valence-corrected chi connectivity index (χ1v) is 7.10. The van der Waals surface area contributed by atoms with Crippen molar-refractivity contribution in [3.8, 4) is 0 Å². The first-order chi connectivity index (χ1) is 9.81. The normalized spacial score (nSPS) is 27.7. The summed E-state index contributed by atoms with van der Waals surface area (Å²) in [5, 5.41) is 0. The molecule has 2 saturated heterocycles. The maximum Gasteiger partial charge on any atom is 0.225 e. The molecule has 3 rings (SSSR count). The molecular formula is C14H20N4O2. The van der Waals surface area contributed by atoms with Crippen molar-refractivity contribution in [2.75, 3.05) is 50.8 Å². The zero-order valence-electron chi connectivity index (χ0n) is 11.6. The van der Waals surface area contributed by atoms with Gasteiger partial charge in [0.1, 0.15) is 6.29 Å². The fraction of sp³-hybridized carbons (Fsp3) is 0.643. The number of carbonyl (C=O) groups is 1. The second kappa shape index (κ2) is 5.85. The molecule has 1 unspecified atom stereocenters. The number of ether oxygens (including phenoxy) is 1. The summed E-state index contributed by atoms with van der Waals surface area (Å²) in [5.74, 6) is 0.793. The summed E-state index contributed by atoms with van der Waals surface area (Å²) in [4.78, 5) is 24.5. The van der Waals surface area contributed by atoms with E-state index < -0.39 is 0 Å². The molecule has 0 aliphatic carbocycles. The lowest BCUT2D eigenvalue weighted by molar-refractivity contribution is -0.117. The van der Waals surface area contributed by atoms with Crippen LogP contribution in [-0.4, -0.2) is 67.1 Å². The second-order valence-electron chi connectivity index (χ2n) is 5.59. The molecule has 0 spiro atoms. The molecule has 6 heteroatoms. The van der Waals surface area contributed by atoms with Crippen LogP contribution in [-0.2, 0) is 9.53 Å². The van der Waals surface area contributed by atoms with Gasteiger partial charge in [0, 0.05) is 51.7 Å². The Hall–Kier alpha value is -1.53. The lowest BCUT2D eigenvalue weighted by Crippen LogP contribution is -2.51. The molecule has 108 valence electrons. The Kier molecular flexibility index (Phi) is 3.93. The molecule has 0 bridgehead atoms. The Labute approximate surface area is 118 Å². The van der Waals surface area contributed by atoms with Crippen LogP contribution in [0.3, 0.4) is 0 Å². The number of rotatable bonds is 4. The predicted octanol–water partition coefficient (Wildman–Crippen LogP) is 0.204. The number of anilines is 1. The van der Waals surface area contributed by atoms with Gasteiger partial charge in [-0.3, -0.25) is 4.90 Å². The Bertz CT molecular complexity index is 440. The standard InChI is InChI=1S/C14H20N4O2/c19-11-14(2-9-20-12-14)10-17-5-7-18(8-6-17)13-15-3-1-4-16-13/h1,3-4,11H,2,5-10,12H2. The van der Waals surface area contributed by atoms with Gasteiger partial charge in [-0.15, -0.1) is 0 Å². The molecule has 0 radical (unpaired) electrons. The Morgan fingerprint density at radius 3 is 2.60 bits per heavy atom. The third kappa shape index (κ3) is 2.81. The number of aromatic nitrogens is 2. The first-order valence-electron chi connectivity index (χ1n) is 7.10. The molecule has 1 aromatic heterocycles. The van der Waals surface area contributed by atoms with Crippen LogP contribution < -0.4 is 4.90 Å². The molecule has 6 nitrogen and oxygen atoms in total.